The molecule has 0 fully saturated rings. The summed E-state index contributed by atoms with van der Waals surface area (Å²) >= 11 is 0. The molecule has 0 saturated heterocycles. The van der Waals surface area contributed by atoms with Crippen molar-refractivity contribution in [3.63, 3.8) is 0 Å². The summed E-state index contributed by atoms with van der Waals surface area (Å²) in [6.45, 7) is 6.22. The van der Waals surface area contributed by atoms with E-state index in [4.69, 9.17) is 10.5 Å². The molecule has 0 spiro atoms. The molecule has 0 aromatic carbocycles. The molecule has 0 aliphatic carbocycles. The summed E-state index contributed by atoms with van der Waals surface area (Å²) in [5.41, 5.74) is 5.19. The van der Waals surface area contributed by atoms with Crippen LogP contribution >= 0.6 is 0 Å². The Kier molecular flexibility index (Phi) is 3.55. The number of nitrogens with zero attached hydrogens (tertiary/aromatic N) is 1. The zero-order chi connectivity index (χ0) is 11.5. The fourth-order valence-electron chi connectivity index (χ4n) is 1.36. The Hall–Kier alpha value is -1.26. The first-order chi connectivity index (χ1) is 6.88. The number of amidine groups is 1. The van der Waals surface area contributed by atoms with Gasteiger partial charge in [-0.25, -0.2) is 4.79 Å². The maximum atomic E-state index is 11.4. The molecule has 1 atom stereocenters. The first kappa shape index (κ1) is 11.8. The molecule has 1 rings (SSSR count). The van der Waals surface area contributed by atoms with E-state index in [-0.39, 0.29) is 6.04 Å². The van der Waals surface area contributed by atoms with Gasteiger partial charge in [0.25, 0.3) is 0 Å². The molecule has 0 aromatic rings. The molecule has 15 heavy (non-hydrogen) atoms. The summed E-state index contributed by atoms with van der Waals surface area (Å²) in [7, 11) is 0. The molecule has 0 unspecified atom stereocenters. The van der Waals surface area contributed by atoms with Gasteiger partial charge in [0.2, 0.25) is 0 Å². The number of carbonyl (C=O) groups excluding carboxylic acids is 1. The van der Waals surface area contributed by atoms with Crippen LogP contribution in [0.25, 0.3) is 0 Å². The molecule has 5 nitrogen and oxygen atoms in total. The second-order valence-corrected chi connectivity index (χ2v) is 4.65. The summed E-state index contributed by atoms with van der Waals surface area (Å²) in [4.78, 5) is 15.5. The van der Waals surface area contributed by atoms with E-state index in [9.17, 15) is 4.79 Å². The van der Waals surface area contributed by atoms with Gasteiger partial charge in [-0.15, -0.1) is 0 Å². The van der Waals surface area contributed by atoms with E-state index in [2.05, 4.69) is 10.3 Å². The number of rotatable bonds is 1. The Labute approximate surface area is 90.1 Å². The number of carbonyl (C=O) groups is 1. The summed E-state index contributed by atoms with van der Waals surface area (Å²) in [6.07, 6.45) is 1.34. The van der Waals surface area contributed by atoms with Crippen molar-refractivity contribution in [2.75, 3.05) is 6.54 Å². The van der Waals surface area contributed by atoms with Gasteiger partial charge in [0.1, 0.15) is 11.4 Å². The maximum Gasteiger partial charge on any atom is 0.408 e. The van der Waals surface area contributed by atoms with E-state index in [1.54, 1.807) is 0 Å². The van der Waals surface area contributed by atoms with Crippen LogP contribution in [0.1, 0.15) is 33.6 Å². The second-order valence-electron chi connectivity index (χ2n) is 4.65. The van der Waals surface area contributed by atoms with E-state index in [0.717, 1.165) is 19.4 Å². The molecular weight excluding hydrogens is 194 g/mol. The third-order valence-corrected chi connectivity index (χ3v) is 1.99. The Morgan fingerprint density at radius 3 is 2.80 bits per heavy atom. The van der Waals surface area contributed by atoms with E-state index in [1.807, 2.05) is 20.8 Å². The summed E-state index contributed by atoms with van der Waals surface area (Å²) < 4.78 is 5.13. The van der Waals surface area contributed by atoms with Gasteiger partial charge < -0.3 is 15.8 Å². The zero-order valence-electron chi connectivity index (χ0n) is 9.54. The lowest BCUT2D eigenvalue weighted by Gasteiger charge is -2.24. The van der Waals surface area contributed by atoms with Crippen molar-refractivity contribution in [1.82, 2.24) is 5.32 Å². The molecule has 1 heterocycles. The highest BCUT2D eigenvalue weighted by atomic mass is 16.6. The van der Waals surface area contributed by atoms with Crippen molar-refractivity contribution in [1.29, 1.82) is 0 Å². The van der Waals surface area contributed by atoms with Crippen molar-refractivity contribution >= 4 is 11.9 Å². The van der Waals surface area contributed by atoms with Gasteiger partial charge >= 0.3 is 6.09 Å². The second kappa shape index (κ2) is 4.51. The smallest absolute Gasteiger partial charge is 0.408 e. The highest BCUT2D eigenvalue weighted by Crippen LogP contribution is 2.09. The SMILES string of the molecule is CC(C)(C)OC(=O)N[C@H]1CCCN=C1N. The largest absolute Gasteiger partial charge is 0.444 e. The van der Waals surface area contributed by atoms with Gasteiger partial charge in [-0.1, -0.05) is 0 Å². The molecule has 0 radical (unpaired) electrons. The van der Waals surface area contributed by atoms with Crippen LogP contribution in [0.5, 0.6) is 0 Å². The standard InChI is InChI=1S/C10H19N3O2/c1-10(2,3)15-9(14)13-7-5-4-6-12-8(7)11/h7H,4-6H2,1-3H3,(H2,11,12)(H,13,14)/t7-/m0/s1. The third-order valence-electron chi connectivity index (χ3n) is 1.99. The molecule has 5 heteroatoms. The van der Waals surface area contributed by atoms with E-state index < -0.39 is 11.7 Å². The quantitative estimate of drug-likeness (QED) is 0.683. The van der Waals surface area contributed by atoms with Gasteiger partial charge in [0, 0.05) is 6.54 Å². The van der Waals surface area contributed by atoms with Gasteiger partial charge in [-0.2, -0.15) is 0 Å². The fourth-order valence-corrected chi connectivity index (χ4v) is 1.36. The average molecular weight is 213 g/mol. The summed E-state index contributed by atoms with van der Waals surface area (Å²) in [6, 6.07) is -0.173. The van der Waals surface area contributed by atoms with Gasteiger partial charge in [0.05, 0.1) is 6.04 Å². The Morgan fingerprint density at radius 2 is 2.27 bits per heavy atom. The number of nitrogens with two attached hydrogens (primary N) is 1. The van der Waals surface area contributed by atoms with Crippen LogP contribution in [0.15, 0.2) is 4.99 Å². The monoisotopic (exact) mass is 213 g/mol. The van der Waals surface area contributed by atoms with Crippen LogP contribution in [-0.4, -0.2) is 30.1 Å². The van der Waals surface area contributed by atoms with Crippen LogP contribution in [0.3, 0.4) is 0 Å². The lowest BCUT2D eigenvalue weighted by atomic mass is 10.1. The summed E-state index contributed by atoms with van der Waals surface area (Å²) in [5.74, 6) is 0.493. The van der Waals surface area contributed by atoms with E-state index >= 15 is 0 Å². The molecule has 1 aliphatic rings. The zero-order valence-corrected chi connectivity index (χ0v) is 9.54. The van der Waals surface area contributed by atoms with Crippen molar-refractivity contribution in [2.45, 2.75) is 45.3 Å². The van der Waals surface area contributed by atoms with E-state index in [1.165, 1.54) is 0 Å². The lowest BCUT2D eigenvalue weighted by molar-refractivity contribution is 0.0515. The van der Waals surface area contributed by atoms with Crippen LogP contribution < -0.4 is 11.1 Å². The number of ether oxygens (including phenoxy) is 1. The van der Waals surface area contributed by atoms with Crippen molar-refractivity contribution in [2.24, 2.45) is 10.7 Å². The van der Waals surface area contributed by atoms with Gasteiger partial charge in [-0.05, 0) is 33.6 Å². The van der Waals surface area contributed by atoms with Crippen LogP contribution in [0.2, 0.25) is 0 Å². The maximum absolute atomic E-state index is 11.4. The highest BCUT2D eigenvalue weighted by Gasteiger charge is 2.22. The molecule has 0 saturated carbocycles. The summed E-state index contributed by atoms with van der Waals surface area (Å²) in [5, 5.41) is 2.71. The predicted molar refractivity (Wildman–Crippen MR) is 58.9 cm³/mol. The van der Waals surface area contributed by atoms with E-state index in [0.29, 0.717) is 5.84 Å². The first-order valence-electron chi connectivity index (χ1n) is 5.18. The number of alkyl carbamates (subject to hydrolysis) is 1. The van der Waals surface area contributed by atoms with Crippen molar-refractivity contribution < 1.29 is 9.53 Å². The average Bonchev–Trinajstić information content (AvgIpc) is 2.05. The molecule has 3 N–H and O–H groups in total. The minimum atomic E-state index is -0.481. The van der Waals surface area contributed by atoms with Crippen LogP contribution in [0, 0.1) is 0 Å². The molecule has 1 aliphatic heterocycles. The number of amides is 1. The number of nitrogens with one attached hydrogen (secondary N) is 1. The van der Waals surface area contributed by atoms with Crippen molar-refractivity contribution in [3.8, 4) is 0 Å². The van der Waals surface area contributed by atoms with Gasteiger partial charge in [-0.3, -0.25) is 4.99 Å². The number of hydrogen-bond acceptors (Lipinski definition) is 4. The minimum absolute atomic E-state index is 0.173. The minimum Gasteiger partial charge on any atom is -0.444 e. The van der Waals surface area contributed by atoms with Crippen LogP contribution in [0.4, 0.5) is 4.79 Å². The van der Waals surface area contributed by atoms with Gasteiger partial charge in [0.15, 0.2) is 0 Å². The first-order valence-corrected chi connectivity index (χ1v) is 5.18. The number of hydrogen-bond donors (Lipinski definition) is 2. The normalized spacial score (nSPS) is 21.8. The third kappa shape index (κ3) is 4.18. The fraction of sp³-hybridized carbons (Fsp3) is 0.800. The molecular formula is C10H19N3O2. The Bertz CT molecular complexity index is 268. The van der Waals surface area contributed by atoms with Crippen molar-refractivity contribution in [3.05, 3.63) is 0 Å². The molecule has 1 amide bonds. The van der Waals surface area contributed by atoms with Crippen LogP contribution in [-0.2, 0) is 4.74 Å². The molecule has 86 valence electrons. The Morgan fingerprint density at radius 1 is 1.60 bits per heavy atom. The topological polar surface area (TPSA) is 76.7 Å². The molecule has 0 bridgehead atoms. The molecule has 0 aromatic heterocycles. The number of aliphatic imine (C=N–C) groups is 1. The predicted octanol–water partition coefficient (Wildman–Crippen LogP) is 1.03. The lowest BCUT2D eigenvalue weighted by Crippen LogP contribution is -2.47. The Balaban J connectivity index is 2.44. The highest BCUT2D eigenvalue weighted by molar-refractivity contribution is 5.89.